The lowest BCUT2D eigenvalue weighted by Crippen LogP contribution is -2.41. The average Bonchev–Trinajstić information content (AvgIpc) is 1.93. The standard InChI is InChI=1S/C12H19N/c1-9(2)12(10(3)4)7-11(8-12)5-6-13/h5,9-10H,7-8H2,1-4H3. The highest BCUT2D eigenvalue weighted by atomic mass is 14.5. The predicted octanol–water partition coefficient (Wildman–Crippen LogP) is 3.53. The predicted molar refractivity (Wildman–Crippen MR) is 55.0 cm³/mol. The first-order chi connectivity index (χ1) is 6.03. The van der Waals surface area contributed by atoms with Gasteiger partial charge in [-0.25, -0.2) is 0 Å². The molecule has 1 nitrogen and oxygen atoms in total. The Bertz CT molecular complexity index is 235. The van der Waals surface area contributed by atoms with E-state index in [4.69, 9.17) is 5.26 Å². The van der Waals surface area contributed by atoms with Gasteiger partial charge in [-0.2, -0.15) is 5.26 Å². The molecule has 0 unspecified atom stereocenters. The Morgan fingerprint density at radius 1 is 1.23 bits per heavy atom. The van der Waals surface area contributed by atoms with Crippen LogP contribution in [0.3, 0.4) is 0 Å². The van der Waals surface area contributed by atoms with Crippen molar-refractivity contribution in [3.8, 4) is 6.07 Å². The van der Waals surface area contributed by atoms with E-state index in [-0.39, 0.29) is 0 Å². The number of rotatable bonds is 2. The largest absolute Gasteiger partial charge is 0.193 e. The van der Waals surface area contributed by atoms with Crippen molar-refractivity contribution in [3.05, 3.63) is 11.6 Å². The van der Waals surface area contributed by atoms with Gasteiger partial charge >= 0.3 is 0 Å². The van der Waals surface area contributed by atoms with Crippen LogP contribution in [0.5, 0.6) is 0 Å². The molecule has 1 heteroatoms. The van der Waals surface area contributed by atoms with Crippen LogP contribution >= 0.6 is 0 Å². The highest BCUT2D eigenvalue weighted by Crippen LogP contribution is 2.55. The van der Waals surface area contributed by atoms with E-state index in [1.807, 2.05) is 0 Å². The smallest absolute Gasteiger partial charge is 0.0911 e. The summed E-state index contributed by atoms with van der Waals surface area (Å²) in [7, 11) is 0. The number of hydrogen-bond donors (Lipinski definition) is 0. The van der Waals surface area contributed by atoms with E-state index < -0.39 is 0 Å². The fraction of sp³-hybridized carbons (Fsp3) is 0.750. The second-order valence-corrected chi connectivity index (χ2v) is 4.83. The van der Waals surface area contributed by atoms with Crippen LogP contribution in [0.15, 0.2) is 11.6 Å². The number of allylic oxidation sites excluding steroid dienone is 2. The highest BCUT2D eigenvalue weighted by Gasteiger charge is 2.45. The lowest BCUT2D eigenvalue weighted by atomic mass is 9.54. The van der Waals surface area contributed by atoms with Crippen LogP contribution < -0.4 is 0 Å². The van der Waals surface area contributed by atoms with E-state index in [0.717, 1.165) is 24.7 Å². The molecule has 0 aliphatic heterocycles. The molecule has 0 aromatic carbocycles. The van der Waals surface area contributed by atoms with E-state index in [1.165, 1.54) is 5.57 Å². The van der Waals surface area contributed by atoms with Crippen LogP contribution in [0.4, 0.5) is 0 Å². The van der Waals surface area contributed by atoms with Gasteiger partial charge in [0.15, 0.2) is 0 Å². The van der Waals surface area contributed by atoms with E-state index in [2.05, 4.69) is 33.8 Å². The Hall–Kier alpha value is -0.770. The monoisotopic (exact) mass is 177 g/mol. The van der Waals surface area contributed by atoms with Gasteiger partial charge < -0.3 is 0 Å². The fourth-order valence-electron chi connectivity index (χ4n) is 2.47. The van der Waals surface area contributed by atoms with Crippen LogP contribution in [0.1, 0.15) is 40.5 Å². The van der Waals surface area contributed by atoms with Crippen LogP contribution in [-0.2, 0) is 0 Å². The molecule has 0 heterocycles. The average molecular weight is 177 g/mol. The summed E-state index contributed by atoms with van der Waals surface area (Å²) >= 11 is 0. The Morgan fingerprint density at radius 2 is 1.69 bits per heavy atom. The van der Waals surface area contributed by atoms with Crippen LogP contribution in [0.25, 0.3) is 0 Å². The first-order valence-electron chi connectivity index (χ1n) is 5.10. The molecule has 1 aliphatic carbocycles. The Morgan fingerprint density at radius 3 is 2.00 bits per heavy atom. The Balaban J connectivity index is 2.70. The van der Waals surface area contributed by atoms with Gasteiger partial charge in [-0.1, -0.05) is 33.3 Å². The van der Waals surface area contributed by atoms with Crippen molar-refractivity contribution in [2.45, 2.75) is 40.5 Å². The van der Waals surface area contributed by atoms with E-state index in [9.17, 15) is 0 Å². The number of hydrogen-bond acceptors (Lipinski definition) is 1. The summed E-state index contributed by atoms with van der Waals surface area (Å²) in [5.41, 5.74) is 1.81. The molecule has 0 aromatic rings. The van der Waals surface area contributed by atoms with Gasteiger partial charge in [0.05, 0.1) is 6.07 Å². The van der Waals surface area contributed by atoms with Gasteiger partial charge in [0, 0.05) is 6.08 Å². The zero-order valence-electron chi connectivity index (χ0n) is 9.09. The summed E-state index contributed by atoms with van der Waals surface area (Å²) in [4.78, 5) is 0. The summed E-state index contributed by atoms with van der Waals surface area (Å²) in [5.74, 6) is 1.45. The molecule has 0 spiro atoms. The molecule has 0 bridgehead atoms. The molecular weight excluding hydrogens is 158 g/mol. The van der Waals surface area contributed by atoms with Gasteiger partial charge in [0.25, 0.3) is 0 Å². The summed E-state index contributed by atoms with van der Waals surface area (Å²) in [6, 6.07) is 2.12. The van der Waals surface area contributed by atoms with E-state index in [0.29, 0.717) is 5.41 Å². The van der Waals surface area contributed by atoms with E-state index >= 15 is 0 Å². The lowest BCUT2D eigenvalue weighted by Gasteiger charge is -2.50. The third kappa shape index (κ3) is 1.63. The molecule has 0 radical (unpaired) electrons. The van der Waals surface area contributed by atoms with Crippen molar-refractivity contribution in [2.24, 2.45) is 17.3 Å². The quantitative estimate of drug-likeness (QED) is 0.592. The third-order valence-corrected chi connectivity index (χ3v) is 3.68. The molecule has 0 saturated heterocycles. The third-order valence-electron chi connectivity index (χ3n) is 3.68. The fourth-order valence-corrected chi connectivity index (χ4v) is 2.47. The first-order valence-corrected chi connectivity index (χ1v) is 5.10. The summed E-state index contributed by atoms with van der Waals surface area (Å²) in [5, 5.41) is 8.52. The van der Waals surface area contributed by atoms with Gasteiger partial charge in [-0.15, -0.1) is 0 Å². The molecule has 0 N–H and O–H groups in total. The Labute approximate surface area is 81.5 Å². The van der Waals surface area contributed by atoms with Gasteiger partial charge in [-0.3, -0.25) is 0 Å². The first kappa shape index (κ1) is 10.3. The molecule has 0 amide bonds. The van der Waals surface area contributed by atoms with Gasteiger partial charge in [0.2, 0.25) is 0 Å². The minimum absolute atomic E-state index is 0.475. The summed E-state index contributed by atoms with van der Waals surface area (Å²) in [6.45, 7) is 9.18. The van der Waals surface area contributed by atoms with Crippen molar-refractivity contribution < 1.29 is 0 Å². The van der Waals surface area contributed by atoms with Crippen molar-refractivity contribution >= 4 is 0 Å². The minimum Gasteiger partial charge on any atom is -0.193 e. The van der Waals surface area contributed by atoms with Crippen LogP contribution in [0.2, 0.25) is 0 Å². The van der Waals surface area contributed by atoms with Crippen molar-refractivity contribution in [1.82, 2.24) is 0 Å². The number of nitrogens with zero attached hydrogens (tertiary/aromatic N) is 1. The molecular formula is C12H19N. The Kier molecular flexibility index (Phi) is 2.81. The second-order valence-electron chi connectivity index (χ2n) is 4.83. The van der Waals surface area contributed by atoms with Crippen molar-refractivity contribution in [1.29, 1.82) is 5.26 Å². The zero-order chi connectivity index (χ0) is 10.1. The molecule has 0 atom stereocenters. The molecule has 1 rings (SSSR count). The molecule has 0 aromatic heterocycles. The molecule has 1 saturated carbocycles. The van der Waals surface area contributed by atoms with Crippen molar-refractivity contribution in [3.63, 3.8) is 0 Å². The zero-order valence-corrected chi connectivity index (χ0v) is 9.09. The molecule has 13 heavy (non-hydrogen) atoms. The van der Waals surface area contributed by atoms with Gasteiger partial charge in [-0.05, 0) is 30.1 Å². The topological polar surface area (TPSA) is 23.8 Å². The lowest BCUT2D eigenvalue weighted by molar-refractivity contribution is 0.0604. The van der Waals surface area contributed by atoms with Crippen LogP contribution in [0, 0.1) is 28.6 Å². The van der Waals surface area contributed by atoms with Gasteiger partial charge in [0.1, 0.15) is 0 Å². The second kappa shape index (κ2) is 3.54. The minimum atomic E-state index is 0.475. The summed E-state index contributed by atoms with van der Waals surface area (Å²) in [6.07, 6.45) is 3.99. The molecule has 1 fully saturated rings. The molecule has 1 aliphatic rings. The van der Waals surface area contributed by atoms with Crippen molar-refractivity contribution in [2.75, 3.05) is 0 Å². The van der Waals surface area contributed by atoms with Crippen LogP contribution in [-0.4, -0.2) is 0 Å². The maximum Gasteiger partial charge on any atom is 0.0911 e. The number of nitriles is 1. The maximum atomic E-state index is 8.52. The maximum absolute atomic E-state index is 8.52. The highest BCUT2D eigenvalue weighted by molar-refractivity contribution is 5.25. The summed E-state index contributed by atoms with van der Waals surface area (Å²) < 4.78 is 0. The van der Waals surface area contributed by atoms with E-state index in [1.54, 1.807) is 6.08 Å². The SMILES string of the molecule is CC(C)C1(C(C)C)CC(=CC#N)C1. The molecule has 72 valence electrons. The normalized spacial score (nSPS) is 19.9.